The smallest absolute Gasteiger partial charge is 0.406 e. The van der Waals surface area contributed by atoms with E-state index in [1.165, 1.54) is 23.9 Å². The van der Waals surface area contributed by atoms with Crippen molar-refractivity contribution in [3.05, 3.63) is 52.0 Å². The molecule has 2 aromatic carbocycles. The summed E-state index contributed by atoms with van der Waals surface area (Å²) in [6.07, 6.45) is -4.84. The van der Waals surface area contributed by atoms with Crippen LogP contribution in [0.5, 0.6) is 5.75 Å². The van der Waals surface area contributed by atoms with E-state index in [1.54, 1.807) is 0 Å². The van der Waals surface area contributed by atoms with Crippen LogP contribution in [0.2, 0.25) is 10.0 Å². The first kappa shape index (κ1) is 21.7. The predicted octanol–water partition coefficient (Wildman–Crippen LogP) is 4.35. The maximum absolute atomic E-state index is 12.5. The van der Waals surface area contributed by atoms with E-state index >= 15 is 0 Å². The van der Waals surface area contributed by atoms with Gasteiger partial charge in [0, 0.05) is 5.56 Å². The Morgan fingerprint density at radius 2 is 1.70 bits per heavy atom. The number of carbonyl (C=O) groups excluding carboxylic acids is 1. The third kappa shape index (κ3) is 5.11. The molecule has 1 amide bonds. The van der Waals surface area contributed by atoms with Crippen LogP contribution in [-0.4, -0.2) is 32.8 Å². The van der Waals surface area contributed by atoms with Crippen LogP contribution in [0.15, 0.2) is 36.4 Å². The highest BCUT2D eigenvalue weighted by atomic mass is 35.5. The number of hydrogen-bond donors (Lipinski definition) is 1. The molecule has 1 unspecified atom stereocenters. The number of nitrogens with one attached hydrogen (secondary N) is 1. The van der Waals surface area contributed by atoms with Gasteiger partial charge in [-0.15, -0.1) is 13.2 Å². The fourth-order valence-corrected chi connectivity index (χ4v) is 2.86. The second-order valence-electron chi connectivity index (χ2n) is 6.46. The molecule has 30 heavy (non-hydrogen) atoms. The Kier molecular flexibility index (Phi) is 5.78. The summed E-state index contributed by atoms with van der Waals surface area (Å²) in [5.41, 5.74) is -0.461. The summed E-state index contributed by atoms with van der Waals surface area (Å²) in [5, 5.41) is 21.1. The molecular formula is C18H12Cl2F3N5O2. The quantitative estimate of drug-likeness (QED) is 0.614. The first-order chi connectivity index (χ1) is 14.0. The van der Waals surface area contributed by atoms with Crippen molar-refractivity contribution in [3.63, 3.8) is 0 Å². The molecule has 3 rings (SSSR count). The zero-order valence-corrected chi connectivity index (χ0v) is 16.7. The number of aromatic nitrogens is 3. The lowest BCUT2D eigenvalue weighted by atomic mass is 10.0. The number of ether oxygens (including phenoxy) is 1. The number of halogens is 5. The van der Waals surface area contributed by atoms with Gasteiger partial charge in [-0.25, -0.2) is 0 Å². The number of amides is 1. The van der Waals surface area contributed by atoms with Crippen molar-refractivity contribution >= 4 is 40.1 Å². The minimum Gasteiger partial charge on any atom is -0.406 e. The van der Waals surface area contributed by atoms with Crippen molar-refractivity contribution in [1.29, 1.82) is 5.26 Å². The summed E-state index contributed by atoms with van der Waals surface area (Å²) in [4.78, 5) is 13.7. The fraction of sp³-hybridized carbons (Fsp3) is 0.222. The van der Waals surface area contributed by atoms with Crippen molar-refractivity contribution in [2.24, 2.45) is 0 Å². The largest absolute Gasteiger partial charge is 0.573 e. The zero-order valence-electron chi connectivity index (χ0n) is 15.2. The van der Waals surface area contributed by atoms with E-state index in [2.05, 4.69) is 20.3 Å². The van der Waals surface area contributed by atoms with Gasteiger partial charge in [0.1, 0.15) is 22.3 Å². The molecule has 7 nitrogen and oxygen atoms in total. The molecule has 0 aliphatic rings. The molecule has 0 bridgehead atoms. The Morgan fingerprint density at radius 3 is 2.17 bits per heavy atom. The molecule has 0 aliphatic heterocycles. The number of nitrogens with zero attached hydrogens (tertiary/aromatic N) is 4. The van der Waals surface area contributed by atoms with Crippen LogP contribution in [-0.2, 0) is 6.54 Å². The monoisotopic (exact) mass is 457 g/mol. The number of nitriles is 1. The molecule has 3 aromatic rings. The van der Waals surface area contributed by atoms with E-state index in [1.807, 2.05) is 6.07 Å². The first-order valence-electron chi connectivity index (χ1n) is 8.27. The van der Waals surface area contributed by atoms with E-state index in [9.17, 15) is 23.2 Å². The van der Waals surface area contributed by atoms with Crippen molar-refractivity contribution in [2.75, 3.05) is 0 Å². The van der Waals surface area contributed by atoms with Crippen LogP contribution in [0.25, 0.3) is 11.0 Å². The fourth-order valence-electron chi connectivity index (χ4n) is 2.54. The summed E-state index contributed by atoms with van der Waals surface area (Å²) >= 11 is 11.9. The molecule has 156 valence electrons. The highest BCUT2D eigenvalue weighted by Gasteiger charge is 2.31. The lowest BCUT2D eigenvalue weighted by Crippen LogP contribution is -2.48. The minimum atomic E-state index is -4.84. The number of fused-ring (bicyclic) bond motifs is 1. The molecule has 1 aromatic heterocycles. The Bertz CT molecular complexity index is 1100. The Labute approximate surface area is 177 Å². The molecule has 0 spiro atoms. The lowest BCUT2D eigenvalue weighted by molar-refractivity contribution is -0.274. The van der Waals surface area contributed by atoms with Gasteiger partial charge in [0.05, 0.1) is 22.7 Å². The number of benzene rings is 2. The van der Waals surface area contributed by atoms with Crippen LogP contribution in [0.3, 0.4) is 0 Å². The summed E-state index contributed by atoms with van der Waals surface area (Å²) < 4.78 is 40.5. The molecule has 0 saturated carbocycles. The van der Waals surface area contributed by atoms with Crippen molar-refractivity contribution < 1.29 is 22.7 Å². The zero-order chi connectivity index (χ0) is 22.1. The van der Waals surface area contributed by atoms with Crippen LogP contribution >= 0.6 is 23.2 Å². The maximum atomic E-state index is 12.5. The van der Waals surface area contributed by atoms with E-state index in [0.717, 1.165) is 24.3 Å². The number of rotatable bonds is 5. The second-order valence-corrected chi connectivity index (χ2v) is 7.27. The topological polar surface area (TPSA) is 92.8 Å². The molecule has 0 saturated heterocycles. The van der Waals surface area contributed by atoms with Gasteiger partial charge in [0.2, 0.25) is 0 Å². The summed E-state index contributed by atoms with van der Waals surface area (Å²) in [6, 6.07) is 9.33. The summed E-state index contributed by atoms with van der Waals surface area (Å²) in [7, 11) is 0. The maximum Gasteiger partial charge on any atom is 0.573 e. The third-order valence-corrected chi connectivity index (χ3v) is 4.63. The van der Waals surface area contributed by atoms with Gasteiger partial charge in [0.15, 0.2) is 0 Å². The van der Waals surface area contributed by atoms with Crippen LogP contribution in [0.4, 0.5) is 13.2 Å². The van der Waals surface area contributed by atoms with E-state index in [0.29, 0.717) is 21.1 Å². The second kappa shape index (κ2) is 8.01. The number of carbonyl (C=O) groups is 1. The highest BCUT2D eigenvalue weighted by molar-refractivity contribution is 6.42. The third-order valence-electron chi connectivity index (χ3n) is 3.91. The molecule has 12 heteroatoms. The number of hydrogen-bond acceptors (Lipinski definition) is 5. The predicted molar refractivity (Wildman–Crippen MR) is 102 cm³/mol. The van der Waals surface area contributed by atoms with Crippen LogP contribution < -0.4 is 10.1 Å². The van der Waals surface area contributed by atoms with Gasteiger partial charge < -0.3 is 10.1 Å². The Morgan fingerprint density at radius 1 is 1.17 bits per heavy atom. The van der Waals surface area contributed by atoms with Gasteiger partial charge in [-0.05, 0) is 43.3 Å². The van der Waals surface area contributed by atoms with Gasteiger partial charge in [0.25, 0.3) is 5.91 Å². The molecule has 0 aliphatic carbocycles. The minimum absolute atomic E-state index is 0.0446. The van der Waals surface area contributed by atoms with Crippen LogP contribution in [0.1, 0.15) is 17.3 Å². The van der Waals surface area contributed by atoms with E-state index in [-0.39, 0.29) is 12.1 Å². The summed E-state index contributed by atoms with van der Waals surface area (Å²) in [5.74, 6) is -1.13. The number of alkyl halides is 3. The van der Waals surface area contributed by atoms with E-state index < -0.39 is 23.6 Å². The van der Waals surface area contributed by atoms with Gasteiger partial charge in [-0.2, -0.15) is 20.3 Å². The Hall–Kier alpha value is -3.03. The normalized spacial score (nSPS) is 13.5. The lowest BCUT2D eigenvalue weighted by Gasteiger charge is -2.22. The van der Waals surface area contributed by atoms with Crippen molar-refractivity contribution in [1.82, 2.24) is 20.3 Å². The van der Waals surface area contributed by atoms with Crippen molar-refractivity contribution in [3.8, 4) is 11.8 Å². The van der Waals surface area contributed by atoms with Gasteiger partial charge in [-0.3, -0.25) is 4.79 Å². The molecule has 1 N–H and O–H groups in total. The highest BCUT2D eigenvalue weighted by Crippen LogP contribution is 2.26. The van der Waals surface area contributed by atoms with Gasteiger partial charge in [-0.1, -0.05) is 23.2 Å². The van der Waals surface area contributed by atoms with E-state index in [4.69, 9.17) is 23.2 Å². The molecule has 0 fully saturated rings. The average Bonchev–Trinajstić information content (AvgIpc) is 3.01. The van der Waals surface area contributed by atoms with Crippen LogP contribution in [0, 0.1) is 11.3 Å². The average molecular weight is 458 g/mol. The summed E-state index contributed by atoms with van der Waals surface area (Å²) in [6.45, 7) is 1.36. The standard InChI is InChI=1S/C18H12Cl2F3N5O2/c1-17(8-24,9-28-26-14-6-12(19)13(20)7-15(14)27-28)25-16(29)10-2-4-11(5-3-10)30-18(21,22)23/h2-7H,9H2,1H3,(H,25,29). The van der Waals surface area contributed by atoms with Crippen molar-refractivity contribution in [2.45, 2.75) is 25.4 Å². The first-order valence-corrected chi connectivity index (χ1v) is 9.03. The molecule has 0 radical (unpaired) electrons. The molecule has 1 heterocycles. The van der Waals surface area contributed by atoms with Gasteiger partial charge >= 0.3 is 6.36 Å². The SMILES string of the molecule is CC(C#N)(Cn1nc2cc(Cl)c(Cl)cc2n1)NC(=O)c1ccc(OC(F)(F)F)cc1. The molecular weight excluding hydrogens is 446 g/mol. The Balaban J connectivity index is 1.75. The molecule has 1 atom stereocenters.